The molecule has 30 heavy (non-hydrogen) atoms. The number of rotatable bonds is 8. The molecular formula is C23H22N2O5. The van der Waals surface area contributed by atoms with Crippen LogP contribution in [0.1, 0.15) is 10.4 Å². The molecule has 7 nitrogen and oxygen atoms in total. The smallest absolute Gasteiger partial charge is 0.262 e. The SMILES string of the molecule is COc1ccc(C(=O)Nc2cccc(NC(=O)COc3ccccc3)c2)c(OC)c1. The first-order valence-electron chi connectivity index (χ1n) is 9.20. The molecule has 0 bridgehead atoms. The van der Waals surface area contributed by atoms with E-state index in [0.29, 0.717) is 34.2 Å². The van der Waals surface area contributed by atoms with Crippen LogP contribution in [0.3, 0.4) is 0 Å². The van der Waals surface area contributed by atoms with Crippen molar-refractivity contribution in [2.24, 2.45) is 0 Å². The molecule has 0 saturated carbocycles. The third kappa shape index (κ3) is 5.51. The molecule has 0 atom stereocenters. The van der Waals surface area contributed by atoms with E-state index in [9.17, 15) is 9.59 Å². The molecule has 3 aromatic carbocycles. The monoisotopic (exact) mass is 406 g/mol. The summed E-state index contributed by atoms with van der Waals surface area (Å²) in [6.45, 7) is -0.121. The van der Waals surface area contributed by atoms with Gasteiger partial charge in [0.25, 0.3) is 11.8 Å². The van der Waals surface area contributed by atoms with Gasteiger partial charge in [-0.3, -0.25) is 9.59 Å². The lowest BCUT2D eigenvalue weighted by molar-refractivity contribution is -0.118. The summed E-state index contributed by atoms with van der Waals surface area (Å²) in [7, 11) is 3.03. The zero-order valence-electron chi connectivity index (χ0n) is 16.7. The van der Waals surface area contributed by atoms with Crippen LogP contribution < -0.4 is 24.8 Å². The molecule has 3 rings (SSSR count). The van der Waals surface area contributed by atoms with Crippen LogP contribution in [0, 0.1) is 0 Å². The van der Waals surface area contributed by atoms with Gasteiger partial charge in [0.1, 0.15) is 17.2 Å². The molecule has 0 heterocycles. The van der Waals surface area contributed by atoms with Gasteiger partial charge in [-0.25, -0.2) is 0 Å². The lowest BCUT2D eigenvalue weighted by Crippen LogP contribution is -2.20. The maximum absolute atomic E-state index is 12.6. The number of benzene rings is 3. The van der Waals surface area contributed by atoms with Gasteiger partial charge in [0.05, 0.1) is 19.8 Å². The maximum Gasteiger partial charge on any atom is 0.262 e. The summed E-state index contributed by atoms with van der Waals surface area (Å²) in [5, 5.41) is 5.55. The summed E-state index contributed by atoms with van der Waals surface area (Å²) in [5.41, 5.74) is 1.43. The van der Waals surface area contributed by atoms with Gasteiger partial charge in [-0.1, -0.05) is 24.3 Å². The maximum atomic E-state index is 12.6. The summed E-state index contributed by atoms with van der Waals surface area (Å²) in [6.07, 6.45) is 0. The van der Waals surface area contributed by atoms with E-state index in [-0.39, 0.29) is 18.4 Å². The minimum Gasteiger partial charge on any atom is -0.497 e. The Balaban J connectivity index is 1.62. The predicted molar refractivity (Wildman–Crippen MR) is 115 cm³/mol. The van der Waals surface area contributed by atoms with Gasteiger partial charge in [-0.2, -0.15) is 0 Å². The highest BCUT2D eigenvalue weighted by atomic mass is 16.5. The Morgan fingerprint density at radius 3 is 2.20 bits per heavy atom. The van der Waals surface area contributed by atoms with Crippen LogP contribution in [0.2, 0.25) is 0 Å². The van der Waals surface area contributed by atoms with Gasteiger partial charge < -0.3 is 24.8 Å². The van der Waals surface area contributed by atoms with Crippen molar-refractivity contribution >= 4 is 23.2 Å². The molecule has 2 amide bonds. The molecule has 0 unspecified atom stereocenters. The largest absolute Gasteiger partial charge is 0.497 e. The molecule has 0 aliphatic rings. The molecule has 0 saturated heterocycles. The number of carbonyl (C=O) groups is 2. The van der Waals surface area contributed by atoms with Crippen LogP contribution in [-0.4, -0.2) is 32.6 Å². The molecular weight excluding hydrogens is 384 g/mol. The lowest BCUT2D eigenvalue weighted by Gasteiger charge is -2.12. The van der Waals surface area contributed by atoms with Crippen molar-refractivity contribution in [2.45, 2.75) is 0 Å². The standard InChI is InChI=1S/C23H22N2O5/c1-28-19-11-12-20(21(14-19)29-2)23(27)25-17-8-6-7-16(13-17)24-22(26)15-30-18-9-4-3-5-10-18/h3-14H,15H2,1-2H3,(H,24,26)(H,25,27). The van der Waals surface area contributed by atoms with Crippen molar-refractivity contribution in [3.8, 4) is 17.2 Å². The number of carbonyl (C=O) groups excluding carboxylic acids is 2. The number of anilines is 2. The first-order valence-corrected chi connectivity index (χ1v) is 9.20. The minimum absolute atomic E-state index is 0.121. The van der Waals surface area contributed by atoms with Gasteiger partial charge in [-0.05, 0) is 42.5 Å². The fourth-order valence-corrected chi connectivity index (χ4v) is 2.72. The molecule has 2 N–H and O–H groups in total. The van der Waals surface area contributed by atoms with Gasteiger partial charge in [-0.15, -0.1) is 0 Å². The van der Waals surface area contributed by atoms with E-state index < -0.39 is 0 Å². The predicted octanol–water partition coefficient (Wildman–Crippen LogP) is 3.97. The van der Waals surface area contributed by atoms with Gasteiger partial charge in [0.15, 0.2) is 6.61 Å². The summed E-state index contributed by atoms with van der Waals surface area (Å²) in [5.74, 6) is 0.951. The van der Waals surface area contributed by atoms with Crippen molar-refractivity contribution in [2.75, 3.05) is 31.5 Å². The van der Waals surface area contributed by atoms with Gasteiger partial charge >= 0.3 is 0 Å². The molecule has 154 valence electrons. The Morgan fingerprint density at radius 1 is 0.767 bits per heavy atom. The zero-order chi connectivity index (χ0) is 21.3. The van der Waals surface area contributed by atoms with Crippen molar-refractivity contribution in [1.82, 2.24) is 0 Å². The summed E-state index contributed by atoms with van der Waals surface area (Å²) in [4.78, 5) is 24.8. The molecule has 0 aliphatic heterocycles. The highest BCUT2D eigenvalue weighted by Gasteiger charge is 2.14. The molecule has 0 aliphatic carbocycles. The second-order valence-electron chi connectivity index (χ2n) is 6.25. The average molecular weight is 406 g/mol. The number of methoxy groups -OCH3 is 2. The molecule has 0 aromatic heterocycles. The normalized spacial score (nSPS) is 10.1. The van der Waals surface area contributed by atoms with E-state index in [1.54, 1.807) is 61.7 Å². The molecule has 0 spiro atoms. The second-order valence-corrected chi connectivity index (χ2v) is 6.25. The number of nitrogens with one attached hydrogen (secondary N) is 2. The topological polar surface area (TPSA) is 85.9 Å². The number of ether oxygens (including phenoxy) is 3. The third-order valence-corrected chi connectivity index (χ3v) is 4.17. The Morgan fingerprint density at radius 2 is 1.50 bits per heavy atom. The molecule has 7 heteroatoms. The van der Waals surface area contributed by atoms with E-state index in [1.165, 1.54) is 7.11 Å². The van der Waals surface area contributed by atoms with Crippen LogP contribution in [-0.2, 0) is 4.79 Å². The van der Waals surface area contributed by atoms with Crippen LogP contribution >= 0.6 is 0 Å². The zero-order valence-corrected chi connectivity index (χ0v) is 16.7. The van der Waals surface area contributed by atoms with Crippen LogP contribution in [0.5, 0.6) is 17.2 Å². The number of hydrogen-bond acceptors (Lipinski definition) is 5. The fourth-order valence-electron chi connectivity index (χ4n) is 2.72. The highest BCUT2D eigenvalue weighted by molar-refractivity contribution is 6.06. The summed E-state index contributed by atoms with van der Waals surface area (Å²) < 4.78 is 15.9. The second kappa shape index (κ2) is 9.97. The minimum atomic E-state index is -0.342. The van der Waals surface area contributed by atoms with E-state index in [2.05, 4.69) is 10.6 Å². The molecule has 0 fully saturated rings. The van der Waals surface area contributed by atoms with E-state index in [0.717, 1.165) is 0 Å². The van der Waals surface area contributed by atoms with E-state index in [4.69, 9.17) is 14.2 Å². The van der Waals surface area contributed by atoms with Crippen molar-refractivity contribution in [3.63, 3.8) is 0 Å². The van der Waals surface area contributed by atoms with Gasteiger partial charge in [0, 0.05) is 17.4 Å². The number of para-hydroxylation sites is 1. The molecule has 0 radical (unpaired) electrons. The Labute approximate surface area is 174 Å². The average Bonchev–Trinajstić information content (AvgIpc) is 2.78. The first kappa shape index (κ1) is 20.7. The number of amides is 2. The van der Waals surface area contributed by atoms with Crippen LogP contribution in [0.15, 0.2) is 72.8 Å². The summed E-state index contributed by atoms with van der Waals surface area (Å²) in [6, 6.07) is 20.9. The molecule has 3 aromatic rings. The van der Waals surface area contributed by atoms with Gasteiger partial charge in [0.2, 0.25) is 0 Å². The van der Waals surface area contributed by atoms with Crippen molar-refractivity contribution in [1.29, 1.82) is 0 Å². The number of hydrogen-bond donors (Lipinski definition) is 2. The Hall–Kier alpha value is -4.00. The van der Waals surface area contributed by atoms with Crippen LogP contribution in [0.25, 0.3) is 0 Å². The third-order valence-electron chi connectivity index (χ3n) is 4.17. The van der Waals surface area contributed by atoms with Crippen molar-refractivity contribution < 1.29 is 23.8 Å². The first-order chi connectivity index (χ1) is 14.6. The summed E-state index contributed by atoms with van der Waals surface area (Å²) >= 11 is 0. The fraction of sp³-hybridized carbons (Fsp3) is 0.130. The van der Waals surface area contributed by atoms with E-state index in [1.807, 2.05) is 18.2 Å². The highest BCUT2D eigenvalue weighted by Crippen LogP contribution is 2.26. The van der Waals surface area contributed by atoms with Crippen molar-refractivity contribution in [3.05, 3.63) is 78.4 Å². The van der Waals surface area contributed by atoms with E-state index >= 15 is 0 Å². The quantitative estimate of drug-likeness (QED) is 0.591. The Kier molecular flexibility index (Phi) is 6.89. The Bertz CT molecular complexity index is 1020. The lowest BCUT2D eigenvalue weighted by atomic mass is 10.1. The van der Waals surface area contributed by atoms with Crippen LogP contribution in [0.4, 0.5) is 11.4 Å².